The average molecular weight is 295 g/mol. The van der Waals surface area contributed by atoms with Crippen LogP contribution in [0.25, 0.3) is 0 Å². The zero-order valence-electron chi connectivity index (χ0n) is 13.0. The number of hydrogen-bond acceptors (Lipinski definition) is 6. The highest BCUT2D eigenvalue weighted by atomic mass is 16.5. The summed E-state index contributed by atoms with van der Waals surface area (Å²) in [5.74, 6) is 1.85. The van der Waals surface area contributed by atoms with Crippen molar-refractivity contribution in [3.63, 3.8) is 0 Å². The molecule has 0 unspecified atom stereocenters. The molecular formula is C14H25N5O2. The molecule has 0 radical (unpaired) electrons. The van der Waals surface area contributed by atoms with Gasteiger partial charge in [-0.1, -0.05) is 13.8 Å². The van der Waals surface area contributed by atoms with E-state index in [1.807, 2.05) is 6.92 Å². The van der Waals surface area contributed by atoms with Crippen molar-refractivity contribution in [3.05, 3.63) is 6.33 Å². The van der Waals surface area contributed by atoms with Crippen molar-refractivity contribution in [1.29, 1.82) is 0 Å². The molecule has 1 amide bonds. The number of ether oxygens (including phenoxy) is 1. The molecule has 0 atom stereocenters. The molecule has 1 rings (SSSR count). The Balaban J connectivity index is 2.55. The van der Waals surface area contributed by atoms with Crippen LogP contribution in [0.2, 0.25) is 0 Å². The van der Waals surface area contributed by atoms with E-state index in [0.29, 0.717) is 36.9 Å². The van der Waals surface area contributed by atoms with Crippen LogP contribution in [0.15, 0.2) is 6.33 Å². The molecule has 0 spiro atoms. The number of nitrogens with one attached hydrogen (secondary N) is 3. The predicted molar refractivity (Wildman–Crippen MR) is 83.8 cm³/mol. The Morgan fingerprint density at radius 2 is 1.71 bits per heavy atom. The number of aromatic nitrogens is 2. The standard InChI is InChI=1S/C14H25N5O2/c1-4-7-15-11(20)6-9-17-14-12(21-3)13(16-8-5-2)18-10-19-14/h10H,4-9H2,1-3H3,(H,15,20)(H2,16,17,18,19). The number of carbonyl (C=O) groups excluding carboxylic acids is 1. The third kappa shape index (κ3) is 5.85. The highest BCUT2D eigenvalue weighted by molar-refractivity contribution is 5.76. The molecule has 1 aromatic rings. The predicted octanol–water partition coefficient (Wildman–Crippen LogP) is 1.64. The van der Waals surface area contributed by atoms with E-state index in [0.717, 1.165) is 19.4 Å². The van der Waals surface area contributed by atoms with Crippen LogP contribution in [0, 0.1) is 0 Å². The number of carbonyl (C=O) groups is 1. The van der Waals surface area contributed by atoms with E-state index in [2.05, 4.69) is 32.8 Å². The van der Waals surface area contributed by atoms with Gasteiger partial charge in [0.1, 0.15) is 6.33 Å². The number of nitrogens with zero attached hydrogens (tertiary/aromatic N) is 2. The average Bonchev–Trinajstić information content (AvgIpc) is 2.50. The lowest BCUT2D eigenvalue weighted by molar-refractivity contribution is -0.120. The Kier molecular flexibility index (Phi) is 7.93. The smallest absolute Gasteiger partial charge is 0.221 e. The van der Waals surface area contributed by atoms with Crippen molar-refractivity contribution in [2.45, 2.75) is 33.1 Å². The van der Waals surface area contributed by atoms with Crippen molar-refractivity contribution in [1.82, 2.24) is 15.3 Å². The largest absolute Gasteiger partial charge is 0.490 e. The molecule has 0 fully saturated rings. The van der Waals surface area contributed by atoms with Crippen molar-refractivity contribution >= 4 is 17.5 Å². The summed E-state index contributed by atoms with van der Waals surface area (Å²) in [7, 11) is 1.58. The Bertz CT molecular complexity index is 439. The molecule has 0 saturated heterocycles. The Morgan fingerprint density at radius 1 is 1.10 bits per heavy atom. The summed E-state index contributed by atoms with van der Waals surface area (Å²) in [6.45, 7) is 6.12. The first kappa shape index (κ1) is 17.0. The van der Waals surface area contributed by atoms with Gasteiger partial charge in [-0.25, -0.2) is 9.97 Å². The lowest BCUT2D eigenvalue weighted by Crippen LogP contribution is -2.26. The fourth-order valence-electron chi connectivity index (χ4n) is 1.71. The van der Waals surface area contributed by atoms with Crippen molar-refractivity contribution in [2.75, 3.05) is 37.4 Å². The van der Waals surface area contributed by atoms with Crippen LogP contribution in [0.4, 0.5) is 11.6 Å². The number of rotatable bonds is 10. The van der Waals surface area contributed by atoms with Gasteiger partial charge in [-0.2, -0.15) is 0 Å². The van der Waals surface area contributed by atoms with E-state index in [4.69, 9.17) is 4.74 Å². The molecule has 118 valence electrons. The van der Waals surface area contributed by atoms with Crippen LogP contribution < -0.4 is 20.7 Å². The number of methoxy groups -OCH3 is 1. The second-order valence-electron chi connectivity index (χ2n) is 4.56. The topological polar surface area (TPSA) is 88.2 Å². The molecule has 7 heteroatoms. The van der Waals surface area contributed by atoms with E-state index in [1.54, 1.807) is 7.11 Å². The molecule has 0 aromatic carbocycles. The van der Waals surface area contributed by atoms with Gasteiger partial charge in [0.2, 0.25) is 11.7 Å². The second-order valence-corrected chi connectivity index (χ2v) is 4.56. The van der Waals surface area contributed by atoms with Crippen LogP contribution >= 0.6 is 0 Å². The quantitative estimate of drug-likeness (QED) is 0.608. The van der Waals surface area contributed by atoms with Gasteiger partial charge in [0.05, 0.1) is 7.11 Å². The van der Waals surface area contributed by atoms with Gasteiger partial charge in [-0.15, -0.1) is 0 Å². The monoisotopic (exact) mass is 295 g/mol. The van der Waals surface area contributed by atoms with Crippen LogP contribution in [-0.4, -0.2) is 42.6 Å². The maximum Gasteiger partial charge on any atom is 0.221 e. The zero-order valence-corrected chi connectivity index (χ0v) is 13.0. The summed E-state index contributed by atoms with van der Waals surface area (Å²) in [5.41, 5.74) is 0. The van der Waals surface area contributed by atoms with Gasteiger partial charge in [0.25, 0.3) is 0 Å². The molecule has 1 heterocycles. The maximum atomic E-state index is 11.5. The van der Waals surface area contributed by atoms with Crippen LogP contribution in [0.5, 0.6) is 5.75 Å². The molecule has 0 saturated carbocycles. The first-order valence-electron chi connectivity index (χ1n) is 7.36. The number of amides is 1. The molecule has 0 aliphatic heterocycles. The van der Waals surface area contributed by atoms with E-state index in [-0.39, 0.29) is 5.91 Å². The minimum atomic E-state index is 0.0294. The summed E-state index contributed by atoms with van der Waals surface area (Å²) < 4.78 is 5.35. The summed E-state index contributed by atoms with van der Waals surface area (Å²) in [4.78, 5) is 19.9. The fraction of sp³-hybridized carbons (Fsp3) is 0.643. The molecular weight excluding hydrogens is 270 g/mol. The number of hydrogen-bond donors (Lipinski definition) is 3. The second kappa shape index (κ2) is 9.79. The normalized spacial score (nSPS) is 10.0. The van der Waals surface area contributed by atoms with Gasteiger partial charge in [0.15, 0.2) is 11.6 Å². The summed E-state index contributed by atoms with van der Waals surface area (Å²) in [6.07, 6.45) is 3.80. The van der Waals surface area contributed by atoms with Crippen LogP contribution in [-0.2, 0) is 4.79 Å². The molecule has 1 aromatic heterocycles. The molecule has 21 heavy (non-hydrogen) atoms. The van der Waals surface area contributed by atoms with Crippen molar-refractivity contribution in [2.24, 2.45) is 0 Å². The molecule has 0 aliphatic rings. The zero-order chi connectivity index (χ0) is 15.5. The van der Waals surface area contributed by atoms with E-state index in [9.17, 15) is 4.79 Å². The SMILES string of the molecule is CCCNC(=O)CCNc1ncnc(NCCC)c1OC. The van der Waals surface area contributed by atoms with Gasteiger partial charge in [-0.05, 0) is 12.8 Å². The maximum absolute atomic E-state index is 11.5. The fourth-order valence-corrected chi connectivity index (χ4v) is 1.71. The molecule has 3 N–H and O–H groups in total. The van der Waals surface area contributed by atoms with E-state index >= 15 is 0 Å². The highest BCUT2D eigenvalue weighted by Crippen LogP contribution is 2.28. The lowest BCUT2D eigenvalue weighted by Gasteiger charge is -2.13. The first-order valence-corrected chi connectivity index (χ1v) is 7.36. The summed E-state index contributed by atoms with van der Waals surface area (Å²) in [5, 5.41) is 9.13. The van der Waals surface area contributed by atoms with Gasteiger partial charge in [0, 0.05) is 26.1 Å². The van der Waals surface area contributed by atoms with Gasteiger partial charge >= 0.3 is 0 Å². The van der Waals surface area contributed by atoms with Crippen molar-refractivity contribution < 1.29 is 9.53 Å². The van der Waals surface area contributed by atoms with Crippen molar-refractivity contribution in [3.8, 4) is 5.75 Å². The molecule has 7 nitrogen and oxygen atoms in total. The Hall–Kier alpha value is -2.05. The Labute approximate surface area is 125 Å². The lowest BCUT2D eigenvalue weighted by atomic mass is 10.3. The highest BCUT2D eigenvalue weighted by Gasteiger charge is 2.11. The minimum Gasteiger partial charge on any atom is -0.490 e. The van der Waals surface area contributed by atoms with Gasteiger partial charge in [-0.3, -0.25) is 4.79 Å². The Morgan fingerprint density at radius 3 is 2.29 bits per heavy atom. The molecule has 0 bridgehead atoms. The van der Waals surface area contributed by atoms with Crippen LogP contribution in [0.1, 0.15) is 33.1 Å². The van der Waals surface area contributed by atoms with E-state index < -0.39 is 0 Å². The third-order valence-electron chi connectivity index (χ3n) is 2.77. The summed E-state index contributed by atoms with van der Waals surface area (Å²) >= 11 is 0. The van der Waals surface area contributed by atoms with Crippen LogP contribution in [0.3, 0.4) is 0 Å². The number of anilines is 2. The third-order valence-corrected chi connectivity index (χ3v) is 2.77. The van der Waals surface area contributed by atoms with Gasteiger partial charge < -0.3 is 20.7 Å². The van der Waals surface area contributed by atoms with E-state index in [1.165, 1.54) is 6.33 Å². The first-order chi connectivity index (χ1) is 10.2. The summed E-state index contributed by atoms with van der Waals surface area (Å²) in [6, 6.07) is 0. The minimum absolute atomic E-state index is 0.0294. The molecule has 0 aliphatic carbocycles.